The van der Waals surface area contributed by atoms with E-state index in [9.17, 15) is 4.79 Å². The van der Waals surface area contributed by atoms with Crippen molar-refractivity contribution >= 4 is 17.3 Å². The zero-order valence-electron chi connectivity index (χ0n) is 11.0. The van der Waals surface area contributed by atoms with Crippen LogP contribution < -0.4 is 10.6 Å². The van der Waals surface area contributed by atoms with Gasteiger partial charge >= 0.3 is 0 Å². The maximum absolute atomic E-state index is 12.5. The Balaban J connectivity index is 2.36. The first-order valence-corrected chi connectivity index (χ1v) is 6.07. The maximum Gasteiger partial charge on any atom is 0.261 e. The van der Waals surface area contributed by atoms with Crippen LogP contribution in [0.4, 0.5) is 11.4 Å². The highest BCUT2D eigenvalue weighted by atomic mass is 16.2. The molecule has 0 atom stereocenters. The number of hydrogen-bond acceptors (Lipinski definition) is 4. The third-order valence-electron chi connectivity index (χ3n) is 2.84. The van der Waals surface area contributed by atoms with Crippen molar-refractivity contribution in [1.82, 2.24) is 9.97 Å². The van der Waals surface area contributed by atoms with Crippen LogP contribution in [0, 0.1) is 6.92 Å². The normalized spacial score (nSPS) is 10.2. The summed E-state index contributed by atoms with van der Waals surface area (Å²) in [4.78, 5) is 22.2. The van der Waals surface area contributed by atoms with Crippen LogP contribution in [0.5, 0.6) is 0 Å². The van der Waals surface area contributed by atoms with E-state index in [0.717, 1.165) is 11.4 Å². The lowest BCUT2D eigenvalue weighted by Gasteiger charge is -2.21. The summed E-state index contributed by atoms with van der Waals surface area (Å²) in [5.74, 6) is -0.154. The van der Waals surface area contributed by atoms with E-state index in [2.05, 4.69) is 9.97 Å². The van der Waals surface area contributed by atoms with Crippen LogP contribution in [0.2, 0.25) is 0 Å². The summed E-state index contributed by atoms with van der Waals surface area (Å²) in [6.07, 6.45) is 4.83. The Labute approximate surface area is 112 Å². The topological polar surface area (TPSA) is 72.1 Å². The number of rotatable bonds is 3. The van der Waals surface area contributed by atoms with Crippen molar-refractivity contribution in [1.29, 1.82) is 0 Å². The molecule has 5 nitrogen and oxygen atoms in total. The van der Waals surface area contributed by atoms with E-state index >= 15 is 0 Å². The monoisotopic (exact) mass is 256 g/mol. The number of pyridine rings is 2. The van der Waals surface area contributed by atoms with Crippen molar-refractivity contribution in [2.45, 2.75) is 13.8 Å². The molecule has 0 fully saturated rings. The van der Waals surface area contributed by atoms with Crippen molar-refractivity contribution < 1.29 is 4.79 Å². The average molecular weight is 256 g/mol. The van der Waals surface area contributed by atoms with E-state index in [1.165, 1.54) is 6.20 Å². The second-order valence-electron chi connectivity index (χ2n) is 4.17. The van der Waals surface area contributed by atoms with Crippen molar-refractivity contribution in [3.8, 4) is 0 Å². The molecule has 2 aromatic rings. The maximum atomic E-state index is 12.5. The van der Waals surface area contributed by atoms with Crippen molar-refractivity contribution in [3.05, 3.63) is 48.0 Å². The molecule has 0 saturated carbocycles. The first-order valence-electron chi connectivity index (χ1n) is 6.07. The Kier molecular flexibility index (Phi) is 3.75. The molecule has 0 unspecified atom stereocenters. The van der Waals surface area contributed by atoms with Gasteiger partial charge in [0.1, 0.15) is 0 Å². The van der Waals surface area contributed by atoms with E-state index < -0.39 is 0 Å². The van der Waals surface area contributed by atoms with E-state index in [-0.39, 0.29) is 5.91 Å². The highest BCUT2D eigenvalue weighted by molar-refractivity contribution is 6.09. The molecule has 0 saturated heterocycles. The molecule has 0 aliphatic heterocycles. The second-order valence-corrected chi connectivity index (χ2v) is 4.17. The lowest BCUT2D eigenvalue weighted by Crippen LogP contribution is -2.31. The SMILES string of the molecule is CCN(C(=O)c1cnc(C)cc1N)c1ccncc1. The first-order chi connectivity index (χ1) is 9.13. The summed E-state index contributed by atoms with van der Waals surface area (Å²) >= 11 is 0. The molecular weight excluding hydrogens is 240 g/mol. The minimum Gasteiger partial charge on any atom is -0.398 e. The van der Waals surface area contributed by atoms with Crippen LogP contribution in [0.25, 0.3) is 0 Å². The number of nitrogens with zero attached hydrogens (tertiary/aromatic N) is 3. The standard InChI is InChI=1S/C14H16N4O/c1-3-18(11-4-6-16-7-5-11)14(19)12-9-17-10(2)8-13(12)15/h4-9H,3H2,1-2H3,(H2,15,17). The number of amides is 1. The number of carbonyl (C=O) groups is 1. The predicted molar refractivity (Wildman–Crippen MR) is 75.0 cm³/mol. The summed E-state index contributed by atoms with van der Waals surface area (Å²) in [5.41, 5.74) is 8.35. The number of nitrogens with two attached hydrogens (primary N) is 1. The molecule has 0 aromatic carbocycles. The molecule has 1 amide bonds. The van der Waals surface area contributed by atoms with E-state index in [0.29, 0.717) is 17.8 Å². The zero-order chi connectivity index (χ0) is 13.8. The Morgan fingerprint density at radius 2 is 2.05 bits per heavy atom. The Hall–Kier alpha value is -2.43. The molecule has 19 heavy (non-hydrogen) atoms. The van der Waals surface area contributed by atoms with E-state index in [1.807, 2.05) is 13.8 Å². The average Bonchev–Trinajstić information content (AvgIpc) is 2.40. The fraction of sp³-hybridized carbons (Fsp3) is 0.214. The summed E-state index contributed by atoms with van der Waals surface area (Å²) < 4.78 is 0. The Bertz CT molecular complexity index is 583. The van der Waals surface area contributed by atoms with Crippen LogP contribution >= 0.6 is 0 Å². The van der Waals surface area contributed by atoms with Gasteiger partial charge in [-0.05, 0) is 32.0 Å². The van der Waals surface area contributed by atoms with E-state index in [1.54, 1.807) is 35.5 Å². The van der Waals surface area contributed by atoms with E-state index in [4.69, 9.17) is 5.73 Å². The quantitative estimate of drug-likeness (QED) is 0.912. The van der Waals surface area contributed by atoms with Crippen LogP contribution in [-0.2, 0) is 0 Å². The zero-order valence-corrected chi connectivity index (χ0v) is 11.0. The van der Waals surface area contributed by atoms with Gasteiger partial charge in [-0.3, -0.25) is 14.8 Å². The van der Waals surface area contributed by atoms with Crippen molar-refractivity contribution in [3.63, 3.8) is 0 Å². The van der Waals surface area contributed by atoms with Crippen LogP contribution in [-0.4, -0.2) is 22.4 Å². The predicted octanol–water partition coefficient (Wildman–Crippen LogP) is 2.03. The molecule has 0 radical (unpaired) electrons. The fourth-order valence-electron chi connectivity index (χ4n) is 1.87. The molecular formula is C14H16N4O. The fourth-order valence-corrected chi connectivity index (χ4v) is 1.87. The van der Waals surface area contributed by atoms with Gasteiger partial charge in [0.25, 0.3) is 5.91 Å². The Morgan fingerprint density at radius 3 is 2.63 bits per heavy atom. The molecule has 98 valence electrons. The summed E-state index contributed by atoms with van der Waals surface area (Å²) in [5, 5.41) is 0. The van der Waals surface area contributed by atoms with Crippen LogP contribution in [0.3, 0.4) is 0 Å². The summed E-state index contributed by atoms with van der Waals surface area (Å²) in [6, 6.07) is 5.28. The number of nitrogen functional groups attached to an aromatic ring is 1. The molecule has 0 spiro atoms. The van der Waals surface area contributed by atoms with Gasteiger partial charge < -0.3 is 10.6 Å². The molecule has 0 aliphatic carbocycles. The number of aromatic nitrogens is 2. The summed E-state index contributed by atoms with van der Waals surface area (Å²) in [7, 11) is 0. The highest BCUT2D eigenvalue weighted by Crippen LogP contribution is 2.19. The lowest BCUT2D eigenvalue weighted by atomic mass is 10.2. The molecule has 2 N–H and O–H groups in total. The molecule has 2 aromatic heterocycles. The first kappa shape index (κ1) is 13.0. The van der Waals surface area contributed by atoms with Crippen molar-refractivity contribution in [2.24, 2.45) is 0 Å². The smallest absolute Gasteiger partial charge is 0.261 e. The highest BCUT2D eigenvalue weighted by Gasteiger charge is 2.18. The van der Waals surface area contributed by atoms with Crippen LogP contribution in [0.15, 0.2) is 36.8 Å². The third-order valence-corrected chi connectivity index (χ3v) is 2.84. The number of aryl methyl sites for hydroxylation is 1. The van der Waals surface area contributed by atoms with Crippen molar-refractivity contribution in [2.75, 3.05) is 17.2 Å². The van der Waals surface area contributed by atoms with Gasteiger partial charge in [-0.15, -0.1) is 0 Å². The molecule has 5 heteroatoms. The number of carbonyl (C=O) groups excluding carboxylic acids is 1. The lowest BCUT2D eigenvalue weighted by molar-refractivity contribution is 0.0989. The molecule has 0 aliphatic rings. The van der Waals surface area contributed by atoms with Crippen LogP contribution in [0.1, 0.15) is 23.0 Å². The van der Waals surface area contributed by atoms with Gasteiger partial charge in [0.2, 0.25) is 0 Å². The number of anilines is 2. The van der Waals surface area contributed by atoms with Gasteiger partial charge in [0.15, 0.2) is 0 Å². The largest absolute Gasteiger partial charge is 0.398 e. The minimum atomic E-state index is -0.154. The molecule has 2 heterocycles. The van der Waals surface area contributed by atoms with Gasteiger partial charge in [-0.25, -0.2) is 0 Å². The third kappa shape index (κ3) is 2.70. The van der Waals surface area contributed by atoms with Gasteiger partial charge in [-0.2, -0.15) is 0 Å². The van der Waals surface area contributed by atoms with Gasteiger partial charge in [-0.1, -0.05) is 0 Å². The molecule has 2 rings (SSSR count). The summed E-state index contributed by atoms with van der Waals surface area (Å²) in [6.45, 7) is 4.30. The van der Waals surface area contributed by atoms with Gasteiger partial charge in [0.05, 0.1) is 5.56 Å². The Morgan fingerprint density at radius 1 is 1.37 bits per heavy atom. The molecule has 0 bridgehead atoms. The van der Waals surface area contributed by atoms with Gasteiger partial charge in [0, 0.05) is 42.2 Å². The second kappa shape index (κ2) is 5.48. The number of hydrogen-bond donors (Lipinski definition) is 1. The minimum absolute atomic E-state index is 0.154.